The lowest BCUT2D eigenvalue weighted by Gasteiger charge is -2.11. The third-order valence-electron chi connectivity index (χ3n) is 4.04. The molecule has 0 aliphatic heterocycles. The molecule has 6 nitrogen and oxygen atoms in total. The number of amides is 1. The van der Waals surface area contributed by atoms with Gasteiger partial charge in [0.2, 0.25) is 5.91 Å². The first-order valence-corrected chi connectivity index (χ1v) is 9.63. The standard InChI is InChI=1S/C20H24N2O4S/c1-5-16-12(3)18(20(25)26-6-2)19(27-16)22-17(24)11-21-15-10-8-7-9-14(15)13(4)23/h7-10,21H,5-6,11H2,1-4H3,(H,22,24). The van der Waals surface area contributed by atoms with E-state index in [9.17, 15) is 14.4 Å². The van der Waals surface area contributed by atoms with Crippen molar-refractivity contribution in [2.75, 3.05) is 23.8 Å². The van der Waals surface area contributed by atoms with Crippen molar-refractivity contribution < 1.29 is 19.1 Å². The molecule has 1 amide bonds. The zero-order chi connectivity index (χ0) is 20.0. The number of benzene rings is 1. The third kappa shape index (κ3) is 4.95. The molecule has 0 saturated carbocycles. The van der Waals surface area contributed by atoms with Crippen molar-refractivity contribution in [3.05, 3.63) is 45.8 Å². The Morgan fingerprint density at radius 3 is 2.48 bits per heavy atom. The molecule has 1 aromatic carbocycles. The van der Waals surface area contributed by atoms with Gasteiger partial charge in [-0.25, -0.2) is 4.79 Å². The van der Waals surface area contributed by atoms with E-state index >= 15 is 0 Å². The number of ether oxygens (including phenoxy) is 1. The van der Waals surface area contributed by atoms with Gasteiger partial charge in [-0.05, 0) is 44.9 Å². The number of aryl methyl sites for hydroxylation is 1. The van der Waals surface area contributed by atoms with E-state index in [2.05, 4.69) is 10.6 Å². The van der Waals surface area contributed by atoms with Crippen molar-refractivity contribution in [1.82, 2.24) is 0 Å². The monoisotopic (exact) mass is 388 g/mol. The summed E-state index contributed by atoms with van der Waals surface area (Å²) in [5.74, 6) is -0.816. The molecular weight excluding hydrogens is 364 g/mol. The van der Waals surface area contributed by atoms with Gasteiger partial charge in [0.25, 0.3) is 0 Å². The van der Waals surface area contributed by atoms with E-state index in [4.69, 9.17) is 4.74 Å². The van der Waals surface area contributed by atoms with Gasteiger partial charge >= 0.3 is 5.97 Å². The molecule has 0 radical (unpaired) electrons. The molecule has 2 rings (SSSR count). The van der Waals surface area contributed by atoms with Gasteiger partial charge in [0.1, 0.15) is 5.00 Å². The highest BCUT2D eigenvalue weighted by atomic mass is 32.1. The Labute approximate surface area is 162 Å². The number of ketones is 1. The second kappa shape index (κ2) is 9.32. The van der Waals surface area contributed by atoms with Crippen LogP contribution in [0.3, 0.4) is 0 Å². The Morgan fingerprint density at radius 2 is 1.85 bits per heavy atom. The van der Waals surface area contributed by atoms with Crippen LogP contribution < -0.4 is 10.6 Å². The van der Waals surface area contributed by atoms with Crippen molar-refractivity contribution in [2.45, 2.75) is 34.1 Å². The molecule has 1 heterocycles. The van der Waals surface area contributed by atoms with E-state index < -0.39 is 5.97 Å². The minimum absolute atomic E-state index is 0.0229. The second-order valence-corrected chi connectivity index (χ2v) is 7.04. The van der Waals surface area contributed by atoms with E-state index in [1.54, 1.807) is 31.2 Å². The van der Waals surface area contributed by atoms with Crippen LogP contribution in [0.25, 0.3) is 0 Å². The highest BCUT2D eigenvalue weighted by Crippen LogP contribution is 2.34. The number of thiophene rings is 1. The second-order valence-electron chi connectivity index (χ2n) is 5.93. The highest BCUT2D eigenvalue weighted by Gasteiger charge is 2.23. The number of rotatable bonds is 8. The van der Waals surface area contributed by atoms with Gasteiger partial charge < -0.3 is 15.4 Å². The zero-order valence-corrected chi connectivity index (χ0v) is 16.8. The quantitative estimate of drug-likeness (QED) is 0.526. The maximum absolute atomic E-state index is 12.4. The fourth-order valence-corrected chi connectivity index (χ4v) is 3.87. The summed E-state index contributed by atoms with van der Waals surface area (Å²) in [6.07, 6.45) is 0.767. The van der Waals surface area contributed by atoms with E-state index in [-0.39, 0.29) is 24.8 Å². The number of esters is 1. The lowest BCUT2D eigenvalue weighted by atomic mass is 10.1. The number of hydrogen-bond acceptors (Lipinski definition) is 6. The highest BCUT2D eigenvalue weighted by molar-refractivity contribution is 7.17. The molecule has 2 aromatic rings. The lowest BCUT2D eigenvalue weighted by Crippen LogP contribution is -2.23. The smallest absolute Gasteiger partial charge is 0.341 e. The van der Waals surface area contributed by atoms with Crippen LogP contribution in [0, 0.1) is 6.92 Å². The molecule has 7 heteroatoms. The van der Waals surface area contributed by atoms with E-state index in [0.29, 0.717) is 21.8 Å². The van der Waals surface area contributed by atoms with Gasteiger partial charge in [-0.15, -0.1) is 11.3 Å². The minimum Gasteiger partial charge on any atom is -0.462 e. The fraction of sp³-hybridized carbons (Fsp3) is 0.350. The minimum atomic E-state index is -0.434. The van der Waals surface area contributed by atoms with Gasteiger partial charge in [-0.3, -0.25) is 9.59 Å². The lowest BCUT2D eigenvalue weighted by molar-refractivity contribution is -0.114. The maximum atomic E-state index is 12.4. The Morgan fingerprint density at radius 1 is 1.15 bits per heavy atom. The molecule has 144 valence electrons. The molecule has 0 unspecified atom stereocenters. The molecule has 0 atom stereocenters. The first-order chi connectivity index (χ1) is 12.9. The number of para-hydroxylation sites is 1. The Balaban J connectivity index is 2.14. The average Bonchev–Trinajstić information content (AvgIpc) is 2.95. The van der Waals surface area contributed by atoms with Crippen LogP contribution in [0.2, 0.25) is 0 Å². The van der Waals surface area contributed by atoms with E-state index in [0.717, 1.165) is 16.9 Å². The Bertz CT molecular complexity index is 858. The number of carbonyl (C=O) groups excluding carboxylic acids is 3. The largest absolute Gasteiger partial charge is 0.462 e. The summed E-state index contributed by atoms with van der Waals surface area (Å²) in [6, 6.07) is 7.02. The maximum Gasteiger partial charge on any atom is 0.341 e. The predicted molar refractivity (Wildman–Crippen MR) is 108 cm³/mol. The average molecular weight is 388 g/mol. The summed E-state index contributed by atoms with van der Waals surface area (Å²) in [4.78, 5) is 37.4. The van der Waals surface area contributed by atoms with Gasteiger partial charge in [0, 0.05) is 16.1 Å². The van der Waals surface area contributed by atoms with Crippen molar-refractivity contribution >= 4 is 39.7 Å². The van der Waals surface area contributed by atoms with Crippen molar-refractivity contribution in [1.29, 1.82) is 0 Å². The van der Waals surface area contributed by atoms with Crippen LogP contribution in [-0.2, 0) is 16.0 Å². The number of carbonyl (C=O) groups is 3. The predicted octanol–water partition coefficient (Wildman–Crippen LogP) is 4.05. The molecule has 0 fully saturated rings. The van der Waals surface area contributed by atoms with Crippen LogP contribution in [-0.4, -0.2) is 30.8 Å². The topological polar surface area (TPSA) is 84.5 Å². The third-order valence-corrected chi connectivity index (χ3v) is 5.40. The van der Waals surface area contributed by atoms with Gasteiger partial charge in [0.05, 0.1) is 18.7 Å². The zero-order valence-electron chi connectivity index (χ0n) is 16.0. The van der Waals surface area contributed by atoms with E-state index in [1.807, 2.05) is 13.8 Å². The van der Waals surface area contributed by atoms with Crippen LogP contribution in [0.5, 0.6) is 0 Å². The Kier molecular flexibility index (Phi) is 7.12. The molecule has 0 bridgehead atoms. The molecule has 0 spiro atoms. The normalized spacial score (nSPS) is 10.4. The van der Waals surface area contributed by atoms with E-state index in [1.165, 1.54) is 18.3 Å². The van der Waals surface area contributed by atoms with Crippen molar-refractivity contribution in [2.24, 2.45) is 0 Å². The van der Waals surface area contributed by atoms with Gasteiger partial charge in [-0.2, -0.15) is 0 Å². The molecular formula is C20H24N2O4S. The fourth-order valence-electron chi connectivity index (χ4n) is 2.73. The molecule has 0 aliphatic rings. The van der Waals surface area contributed by atoms with Crippen LogP contribution >= 0.6 is 11.3 Å². The SMILES string of the molecule is CCOC(=O)c1c(NC(=O)CNc2ccccc2C(C)=O)sc(CC)c1C. The number of Topliss-reactive ketones (excluding diaryl/α,β-unsaturated/α-hetero) is 1. The first-order valence-electron chi connectivity index (χ1n) is 8.82. The van der Waals surface area contributed by atoms with Gasteiger partial charge in [-0.1, -0.05) is 19.1 Å². The first kappa shape index (κ1) is 20.6. The number of nitrogens with one attached hydrogen (secondary N) is 2. The molecule has 0 aliphatic carbocycles. The van der Waals surface area contributed by atoms with Gasteiger partial charge in [0.15, 0.2) is 5.78 Å². The van der Waals surface area contributed by atoms with Crippen molar-refractivity contribution in [3.8, 4) is 0 Å². The summed E-state index contributed by atoms with van der Waals surface area (Å²) >= 11 is 1.38. The van der Waals surface area contributed by atoms with Crippen LogP contribution in [0.15, 0.2) is 24.3 Å². The summed E-state index contributed by atoms with van der Waals surface area (Å²) in [6.45, 7) is 7.33. The van der Waals surface area contributed by atoms with Crippen LogP contribution in [0.1, 0.15) is 51.9 Å². The van der Waals surface area contributed by atoms with Crippen molar-refractivity contribution in [3.63, 3.8) is 0 Å². The Hall–Kier alpha value is -2.67. The molecule has 1 aromatic heterocycles. The van der Waals surface area contributed by atoms with Crippen LogP contribution in [0.4, 0.5) is 10.7 Å². The summed E-state index contributed by atoms with van der Waals surface area (Å²) < 4.78 is 5.12. The summed E-state index contributed by atoms with van der Waals surface area (Å²) in [5, 5.41) is 6.27. The molecule has 2 N–H and O–H groups in total. The molecule has 0 saturated heterocycles. The summed E-state index contributed by atoms with van der Waals surface area (Å²) in [7, 11) is 0. The number of hydrogen-bond donors (Lipinski definition) is 2. The number of anilines is 2. The summed E-state index contributed by atoms with van der Waals surface area (Å²) in [5.41, 5.74) is 2.38. The molecule has 27 heavy (non-hydrogen) atoms.